The van der Waals surface area contributed by atoms with Crippen LogP contribution in [0.4, 0.5) is 0 Å². The molecule has 0 aliphatic carbocycles. The molecule has 1 aromatic rings. The van der Waals surface area contributed by atoms with Crippen LogP contribution >= 0.6 is 15.9 Å². The van der Waals surface area contributed by atoms with Gasteiger partial charge in [-0.1, -0.05) is 28.1 Å². The predicted octanol–water partition coefficient (Wildman–Crippen LogP) is 1.09. The molecule has 2 N–H and O–H groups in total. The molecular weight excluding hydrogens is 344 g/mol. The second kappa shape index (κ2) is 8.39. The Morgan fingerprint density at radius 1 is 1.30 bits per heavy atom. The second-order valence-corrected chi connectivity index (χ2v) is 7.45. The highest BCUT2D eigenvalue weighted by atomic mass is 79.9. The fourth-order valence-electron chi connectivity index (χ4n) is 1.68. The maximum Gasteiger partial charge on any atom is 0.235 e. The molecule has 1 aromatic carbocycles. The summed E-state index contributed by atoms with van der Waals surface area (Å²) in [5.41, 5.74) is 0.669. The lowest BCUT2D eigenvalue weighted by Gasteiger charge is -2.07. The Bertz CT molecular complexity index is 546. The van der Waals surface area contributed by atoms with Gasteiger partial charge in [0.25, 0.3) is 0 Å². The van der Waals surface area contributed by atoms with E-state index >= 15 is 0 Å². The van der Waals surface area contributed by atoms with E-state index in [0.29, 0.717) is 12.1 Å². The largest absolute Gasteiger partial charge is 0.355 e. The van der Waals surface area contributed by atoms with Crippen molar-refractivity contribution in [2.45, 2.75) is 12.2 Å². The summed E-state index contributed by atoms with van der Waals surface area (Å²) in [5.74, 6) is -1.05. The number of nitrogens with one attached hydrogen (secondary N) is 2. The van der Waals surface area contributed by atoms with Crippen molar-refractivity contribution in [3.63, 3.8) is 0 Å². The Morgan fingerprint density at radius 3 is 2.70 bits per heavy atom. The molecule has 0 unspecified atom stereocenters. The van der Waals surface area contributed by atoms with E-state index in [9.17, 15) is 13.2 Å². The first-order valence-corrected chi connectivity index (χ1v) is 8.90. The zero-order valence-electron chi connectivity index (χ0n) is 11.4. The first-order valence-electron chi connectivity index (χ1n) is 6.29. The van der Waals surface area contributed by atoms with E-state index in [-0.39, 0.29) is 5.75 Å². The first-order chi connectivity index (χ1) is 9.43. The molecule has 0 aliphatic rings. The van der Waals surface area contributed by atoms with Crippen molar-refractivity contribution in [1.29, 1.82) is 0 Å². The number of carbonyl (C=O) groups is 1. The molecule has 0 atom stereocenters. The number of hydrogen-bond acceptors (Lipinski definition) is 4. The molecule has 112 valence electrons. The van der Waals surface area contributed by atoms with E-state index < -0.39 is 21.5 Å². The van der Waals surface area contributed by atoms with Crippen LogP contribution in [0.2, 0.25) is 0 Å². The summed E-state index contributed by atoms with van der Waals surface area (Å²) in [6, 6.07) is 7.06. The monoisotopic (exact) mass is 362 g/mol. The lowest BCUT2D eigenvalue weighted by molar-refractivity contribution is -0.118. The summed E-state index contributed by atoms with van der Waals surface area (Å²) in [5, 5.41) is 5.56. The van der Waals surface area contributed by atoms with E-state index in [0.717, 1.165) is 17.4 Å². The Hall–Kier alpha value is -0.920. The molecule has 0 fully saturated rings. The average molecular weight is 363 g/mol. The minimum Gasteiger partial charge on any atom is -0.355 e. The number of benzene rings is 1. The molecule has 20 heavy (non-hydrogen) atoms. The SMILES string of the molecule is CNCCCNC(=O)CS(=O)(=O)Cc1cccc(Br)c1. The molecule has 0 heterocycles. The molecule has 0 saturated heterocycles. The fourth-order valence-corrected chi connectivity index (χ4v) is 3.41. The van der Waals surface area contributed by atoms with Crippen LogP contribution < -0.4 is 10.6 Å². The van der Waals surface area contributed by atoms with Gasteiger partial charge < -0.3 is 10.6 Å². The third-order valence-electron chi connectivity index (χ3n) is 2.55. The highest BCUT2D eigenvalue weighted by molar-refractivity contribution is 9.10. The maximum atomic E-state index is 11.9. The summed E-state index contributed by atoms with van der Waals surface area (Å²) in [4.78, 5) is 11.6. The Morgan fingerprint density at radius 2 is 2.05 bits per heavy atom. The minimum absolute atomic E-state index is 0.129. The third kappa shape index (κ3) is 7.02. The van der Waals surface area contributed by atoms with E-state index in [4.69, 9.17) is 0 Å². The quantitative estimate of drug-likeness (QED) is 0.678. The Labute approximate surface area is 128 Å². The second-order valence-electron chi connectivity index (χ2n) is 4.47. The molecule has 7 heteroatoms. The van der Waals surface area contributed by atoms with Crippen molar-refractivity contribution in [2.75, 3.05) is 25.9 Å². The van der Waals surface area contributed by atoms with Gasteiger partial charge in [-0.3, -0.25) is 4.79 Å². The van der Waals surface area contributed by atoms with E-state index in [1.165, 1.54) is 0 Å². The molecule has 0 aromatic heterocycles. The van der Waals surface area contributed by atoms with Crippen molar-refractivity contribution in [1.82, 2.24) is 10.6 Å². The standard InChI is InChI=1S/C13H19BrN2O3S/c1-15-6-3-7-16-13(17)10-20(18,19)9-11-4-2-5-12(14)8-11/h2,4-5,8,15H,3,6-7,9-10H2,1H3,(H,16,17). The highest BCUT2D eigenvalue weighted by Gasteiger charge is 2.17. The molecule has 0 bridgehead atoms. The molecular formula is C13H19BrN2O3S. The van der Waals surface area contributed by atoms with Gasteiger partial charge in [-0.2, -0.15) is 0 Å². The number of halogens is 1. The normalized spacial score (nSPS) is 11.3. The van der Waals surface area contributed by atoms with Crippen LogP contribution in [0.3, 0.4) is 0 Å². The summed E-state index contributed by atoms with van der Waals surface area (Å²) in [6.07, 6.45) is 0.772. The van der Waals surface area contributed by atoms with Crippen molar-refractivity contribution in [2.24, 2.45) is 0 Å². The van der Waals surface area contributed by atoms with E-state index in [1.54, 1.807) is 18.2 Å². The van der Waals surface area contributed by atoms with Crippen LogP contribution in [0.1, 0.15) is 12.0 Å². The molecule has 0 radical (unpaired) electrons. The number of sulfone groups is 1. The van der Waals surface area contributed by atoms with Crippen LogP contribution in [0, 0.1) is 0 Å². The smallest absolute Gasteiger partial charge is 0.235 e. The van der Waals surface area contributed by atoms with E-state index in [1.807, 2.05) is 13.1 Å². The Kier molecular flexibility index (Phi) is 7.18. The van der Waals surface area contributed by atoms with Crippen molar-refractivity contribution < 1.29 is 13.2 Å². The summed E-state index contributed by atoms with van der Waals surface area (Å²) >= 11 is 3.29. The molecule has 0 spiro atoms. The zero-order chi connectivity index (χ0) is 15.0. The van der Waals surface area contributed by atoms with E-state index in [2.05, 4.69) is 26.6 Å². The van der Waals surface area contributed by atoms with Crippen LogP contribution in [0.25, 0.3) is 0 Å². The number of hydrogen-bond donors (Lipinski definition) is 2. The van der Waals surface area contributed by atoms with Crippen molar-refractivity contribution in [3.8, 4) is 0 Å². The van der Waals surface area contributed by atoms with Gasteiger partial charge >= 0.3 is 0 Å². The minimum atomic E-state index is -3.44. The van der Waals surface area contributed by atoms with Crippen molar-refractivity contribution in [3.05, 3.63) is 34.3 Å². The number of rotatable bonds is 8. The molecule has 0 aliphatic heterocycles. The van der Waals surface area contributed by atoms with Gasteiger partial charge in [0.05, 0.1) is 5.75 Å². The molecule has 1 amide bonds. The first kappa shape index (κ1) is 17.1. The van der Waals surface area contributed by atoms with Crippen molar-refractivity contribution >= 4 is 31.7 Å². The number of amides is 1. The van der Waals surface area contributed by atoms with Gasteiger partial charge in [0.1, 0.15) is 5.75 Å². The zero-order valence-corrected chi connectivity index (χ0v) is 13.8. The summed E-state index contributed by atoms with van der Waals surface area (Å²) in [6.45, 7) is 1.26. The molecule has 5 nitrogen and oxygen atoms in total. The van der Waals surface area contributed by atoms with Crippen LogP contribution in [-0.4, -0.2) is 40.2 Å². The third-order valence-corrected chi connectivity index (χ3v) is 4.52. The van der Waals surface area contributed by atoms with Gasteiger partial charge in [0.15, 0.2) is 9.84 Å². The van der Waals surface area contributed by atoms with Gasteiger partial charge in [0, 0.05) is 11.0 Å². The fraction of sp³-hybridized carbons (Fsp3) is 0.462. The lowest BCUT2D eigenvalue weighted by atomic mass is 10.2. The topological polar surface area (TPSA) is 75.3 Å². The maximum absolute atomic E-state index is 11.9. The van der Waals surface area contributed by atoms with Gasteiger partial charge in [0.2, 0.25) is 5.91 Å². The van der Waals surface area contributed by atoms with Crippen LogP contribution in [0.15, 0.2) is 28.7 Å². The molecule has 0 saturated carbocycles. The average Bonchev–Trinajstić information content (AvgIpc) is 2.33. The highest BCUT2D eigenvalue weighted by Crippen LogP contribution is 2.14. The number of carbonyl (C=O) groups excluding carboxylic acids is 1. The molecule has 1 rings (SSSR count). The van der Waals surface area contributed by atoms with Gasteiger partial charge in [-0.25, -0.2) is 8.42 Å². The summed E-state index contributed by atoms with van der Waals surface area (Å²) < 4.78 is 24.7. The van der Waals surface area contributed by atoms with Gasteiger partial charge in [-0.15, -0.1) is 0 Å². The predicted molar refractivity (Wildman–Crippen MR) is 83.2 cm³/mol. The van der Waals surface area contributed by atoms with Crippen LogP contribution in [-0.2, 0) is 20.4 Å². The lowest BCUT2D eigenvalue weighted by Crippen LogP contribution is -2.32. The summed E-state index contributed by atoms with van der Waals surface area (Å²) in [7, 11) is -1.62. The van der Waals surface area contributed by atoms with Gasteiger partial charge in [-0.05, 0) is 37.7 Å². The Balaban J connectivity index is 2.47. The van der Waals surface area contributed by atoms with Crippen LogP contribution in [0.5, 0.6) is 0 Å².